The van der Waals surface area contributed by atoms with Gasteiger partial charge in [0, 0.05) is 32.7 Å². The van der Waals surface area contributed by atoms with E-state index in [1.54, 1.807) is 0 Å². The van der Waals surface area contributed by atoms with Crippen LogP contribution in [0.4, 0.5) is 0 Å². The van der Waals surface area contributed by atoms with Crippen LogP contribution in [0.1, 0.15) is 12.8 Å². The van der Waals surface area contributed by atoms with Gasteiger partial charge in [-0.1, -0.05) is 18.2 Å². The zero-order valence-electron chi connectivity index (χ0n) is 14.3. The first-order valence-electron chi connectivity index (χ1n) is 8.81. The van der Waals surface area contributed by atoms with E-state index in [1.807, 2.05) is 35.2 Å². The topological polar surface area (TPSA) is 82.1 Å². The monoisotopic (exact) mass is 347 g/mol. The first-order chi connectivity index (χ1) is 12.1. The van der Waals surface area contributed by atoms with E-state index in [4.69, 9.17) is 9.84 Å². The van der Waals surface area contributed by atoms with Crippen LogP contribution in [-0.4, -0.2) is 78.2 Å². The Morgan fingerprint density at radius 2 is 1.76 bits per heavy atom. The summed E-state index contributed by atoms with van der Waals surface area (Å²) in [5, 5.41) is 11.9. The molecule has 0 saturated carbocycles. The van der Waals surface area contributed by atoms with Crippen molar-refractivity contribution in [3.8, 4) is 5.75 Å². The average molecular weight is 347 g/mol. The number of nitrogens with one attached hydrogen (secondary N) is 1. The van der Waals surface area contributed by atoms with Gasteiger partial charge in [0.2, 0.25) is 5.91 Å². The molecule has 0 aliphatic carbocycles. The maximum absolute atomic E-state index is 12.5. The summed E-state index contributed by atoms with van der Waals surface area (Å²) in [6.45, 7) is 4.46. The van der Waals surface area contributed by atoms with Crippen molar-refractivity contribution in [1.29, 1.82) is 0 Å². The highest BCUT2D eigenvalue weighted by Gasteiger charge is 2.35. The van der Waals surface area contributed by atoms with Crippen molar-refractivity contribution in [2.45, 2.75) is 24.9 Å². The van der Waals surface area contributed by atoms with Gasteiger partial charge in [-0.25, -0.2) is 0 Å². The normalized spacial score (nSPS) is 24.2. The van der Waals surface area contributed by atoms with E-state index in [-0.39, 0.29) is 11.9 Å². The number of nitrogens with zero attached hydrogens (tertiary/aromatic N) is 2. The van der Waals surface area contributed by atoms with Crippen LogP contribution in [0, 0.1) is 0 Å². The Morgan fingerprint density at radius 1 is 1.08 bits per heavy atom. The summed E-state index contributed by atoms with van der Waals surface area (Å²) < 4.78 is 5.71. The van der Waals surface area contributed by atoms with E-state index in [1.165, 1.54) is 0 Å². The maximum atomic E-state index is 12.5. The minimum absolute atomic E-state index is 0.0314. The molecule has 0 spiro atoms. The summed E-state index contributed by atoms with van der Waals surface area (Å²) in [6.07, 6.45) is 1.11. The maximum Gasteiger partial charge on any atom is 0.320 e. The standard InChI is InChI=1S/C18H25N3O4/c22-17(15-6-7-16(19-15)18(23)24)21-10-8-20(9-11-21)12-13-25-14-4-2-1-3-5-14/h1-5,15-16,19H,6-13H2,(H,23,24)/t15-,16+/m1/s1. The number of aliphatic carboxylic acids is 1. The molecule has 2 atom stereocenters. The number of carboxylic acid groups (broad SMARTS) is 1. The van der Waals surface area contributed by atoms with Gasteiger partial charge < -0.3 is 14.7 Å². The molecule has 1 aromatic rings. The molecule has 1 aromatic carbocycles. The summed E-state index contributed by atoms with van der Waals surface area (Å²) in [6, 6.07) is 8.79. The third-order valence-electron chi connectivity index (χ3n) is 4.85. The zero-order chi connectivity index (χ0) is 17.6. The van der Waals surface area contributed by atoms with Crippen molar-refractivity contribution in [1.82, 2.24) is 15.1 Å². The second-order valence-corrected chi connectivity index (χ2v) is 6.52. The lowest BCUT2D eigenvalue weighted by molar-refractivity contribution is -0.139. The Labute approximate surface area is 147 Å². The van der Waals surface area contributed by atoms with E-state index in [9.17, 15) is 9.59 Å². The highest BCUT2D eigenvalue weighted by atomic mass is 16.5. The SMILES string of the molecule is O=C(O)[C@@H]1CC[C@H](C(=O)N2CCN(CCOc3ccccc3)CC2)N1. The third kappa shape index (κ3) is 4.70. The summed E-state index contributed by atoms with van der Waals surface area (Å²) in [4.78, 5) is 27.6. The predicted octanol–water partition coefficient (Wildman–Crippen LogP) is 0.415. The summed E-state index contributed by atoms with van der Waals surface area (Å²) in [5.41, 5.74) is 0. The number of carboxylic acids is 1. The molecule has 25 heavy (non-hydrogen) atoms. The molecule has 7 heteroatoms. The lowest BCUT2D eigenvalue weighted by Gasteiger charge is -2.35. The highest BCUT2D eigenvalue weighted by molar-refractivity contribution is 5.84. The first kappa shape index (κ1) is 17.7. The van der Waals surface area contributed by atoms with Gasteiger partial charge in [-0.15, -0.1) is 0 Å². The number of rotatable bonds is 6. The van der Waals surface area contributed by atoms with Crippen LogP contribution in [0.2, 0.25) is 0 Å². The number of benzene rings is 1. The first-order valence-corrected chi connectivity index (χ1v) is 8.81. The smallest absolute Gasteiger partial charge is 0.320 e. The van der Waals surface area contributed by atoms with Gasteiger partial charge in [-0.05, 0) is 25.0 Å². The molecule has 2 aliphatic heterocycles. The van der Waals surface area contributed by atoms with Gasteiger partial charge in [-0.2, -0.15) is 0 Å². The van der Waals surface area contributed by atoms with Gasteiger partial charge in [0.1, 0.15) is 18.4 Å². The molecule has 2 heterocycles. The van der Waals surface area contributed by atoms with Crippen LogP contribution in [0.25, 0.3) is 0 Å². The average Bonchev–Trinajstić information content (AvgIpc) is 3.13. The van der Waals surface area contributed by atoms with E-state index in [0.717, 1.165) is 25.4 Å². The fraction of sp³-hybridized carbons (Fsp3) is 0.556. The lowest BCUT2D eigenvalue weighted by atomic mass is 10.1. The molecule has 0 unspecified atom stereocenters. The molecule has 136 valence electrons. The molecule has 2 aliphatic rings. The van der Waals surface area contributed by atoms with E-state index < -0.39 is 12.0 Å². The Hall–Kier alpha value is -2.12. The van der Waals surface area contributed by atoms with E-state index in [0.29, 0.717) is 32.5 Å². The van der Waals surface area contributed by atoms with Gasteiger partial charge in [0.25, 0.3) is 0 Å². The van der Waals surface area contributed by atoms with Crippen molar-refractivity contribution in [2.75, 3.05) is 39.3 Å². The molecule has 2 saturated heterocycles. The van der Waals surface area contributed by atoms with Gasteiger partial charge in [0.15, 0.2) is 0 Å². The fourth-order valence-corrected chi connectivity index (χ4v) is 3.35. The Balaban J connectivity index is 1.37. The number of ether oxygens (including phenoxy) is 1. The van der Waals surface area contributed by atoms with Crippen molar-refractivity contribution >= 4 is 11.9 Å². The molecular weight excluding hydrogens is 322 g/mol. The van der Waals surface area contributed by atoms with Crippen LogP contribution >= 0.6 is 0 Å². The Kier molecular flexibility index (Phi) is 5.88. The number of hydrogen-bond acceptors (Lipinski definition) is 5. The van der Waals surface area contributed by atoms with Crippen molar-refractivity contribution in [2.24, 2.45) is 0 Å². The molecule has 2 fully saturated rings. The highest BCUT2D eigenvalue weighted by Crippen LogP contribution is 2.16. The number of carbonyl (C=O) groups excluding carboxylic acids is 1. The van der Waals surface area contributed by atoms with E-state index in [2.05, 4.69) is 10.2 Å². The van der Waals surface area contributed by atoms with Crippen LogP contribution in [0.5, 0.6) is 5.75 Å². The molecule has 0 radical (unpaired) electrons. The molecule has 7 nitrogen and oxygen atoms in total. The van der Waals surface area contributed by atoms with Gasteiger partial charge >= 0.3 is 5.97 Å². The molecule has 2 N–H and O–H groups in total. The Morgan fingerprint density at radius 3 is 2.40 bits per heavy atom. The van der Waals surface area contributed by atoms with Crippen LogP contribution in [0.3, 0.4) is 0 Å². The van der Waals surface area contributed by atoms with Crippen molar-refractivity contribution < 1.29 is 19.4 Å². The van der Waals surface area contributed by atoms with Crippen LogP contribution in [-0.2, 0) is 9.59 Å². The van der Waals surface area contributed by atoms with Gasteiger partial charge in [-0.3, -0.25) is 19.8 Å². The number of carbonyl (C=O) groups is 2. The lowest BCUT2D eigenvalue weighted by Crippen LogP contribution is -2.54. The number of piperazine rings is 1. The van der Waals surface area contributed by atoms with Crippen molar-refractivity contribution in [3.05, 3.63) is 30.3 Å². The third-order valence-corrected chi connectivity index (χ3v) is 4.85. The Bertz CT molecular complexity index is 587. The predicted molar refractivity (Wildman–Crippen MR) is 92.5 cm³/mol. The second kappa shape index (κ2) is 8.31. The second-order valence-electron chi connectivity index (χ2n) is 6.52. The quantitative estimate of drug-likeness (QED) is 0.776. The van der Waals surface area contributed by atoms with Crippen molar-refractivity contribution in [3.63, 3.8) is 0 Å². The molecule has 1 amide bonds. The molecule has 0 aromatic heterocycles. The molecule has 3 rings (SSSR count). The fourth-order valence-electron chi connectivity index (χ4n) is 3.35. The van der Waals surface area contributed by atoms with Gasteiger partial charge in [0.05, 0.1) is 6.04 Å². The largest absolute Gasteiger partial charge is 0.492 e. The molecular formula is C18H25N3O4. The zero-order valence-corrected chi connectivity index (χ0v) is 14.3. The number of para-hydroxylation sites is 1. The summed E-state index contributed by atoms with van der Waals surface area (Å²) >= 11 is 0. The summed E-state index contributed by atoms with van der Waals surface area (Å²) in [7, 11) is 0. The number of hydrogen-bond donors (Lipinski definition) is 2. The minimum Gasteiger partial charge on any atom is -0.492 e. The molecule has 0 bridgehead atoms. The van der Waals surface area contributed by atoms with Crippen LogP contribution < -0.4 is 10.1 Å². The number of amides is 1. The summed E-state index contributed by atoms with van der Waals surface area (Å²) in [5.74, 6) is 0.0269. The minimum atomic E-state index is -0.876. The van der Waals surface area contributed by atoms with Crippen LogP contribution in [0.15, 0.2) is 30.3 Å². The van der Waals surface area contributed by atoms with E-state index >= 15 is 0 Å².